The van der Waals surface area contributed by atoms with Crippen LogP contribution in [0.2, 0.25) is 0 Å². The lowest BCUT2D eigenvalue weighted by molar-refractivity contribution is 0.399. The van der Waals surface area contributed by atoms with Gasteiger partial charge in [-0.1, -0.05) is 0 Å². The summed E-state index contributed by atoms with van der Waals surface area (Å²) in [5, 5.41) is 7.00. The van der Waals surface area contributed by atoms with Crippen molar-refractivity contribution in [3.63, 3.8) is 0 Å². The molecule has 0 radical (unpaired) electrons. The minimum absolute atomic E-state index is 0.113. The summed E-state index contributed by atoms with van der Waals surface area (Å²) >= 11 is 0. The largest absolute Gasteiger partial charge is 0.419 e. The average molecular weight is 452 g/mol. The molecular formula is C20H25N3O7S. The highest BCUT2D eigenvalue weighted by molar-refractivity contribution is 7.89. The van der Waals surface area contributed by atoms with Crippen molar-refractivity contribution < 1.29 is 22.4 Å². The summed E-state index contributed by atoms with van der Waals surface area (Å²) in [6.45, 7) is 5.66. The molecule has 0 bridgehead atoms. The van der Waals surface area contributed by atoms with E-state index < -0.39 is 21.5 Å². The summed E-state index contributed by atoms with van der Waals surface area (Å²) in [4.78, 5) is 24.8. The van der Waals surface area contributed by atoms with Gasteiger partial charge in [-0.2, -0.15) is 0 Å². The number of nitrogens with zero attached hydrogens (tertiary/aromatic N) is 1. The molecule has 4 rings (SSSR count). The molecule has 0 aliphatic heterocycles. The number of aromatic nitrogens is 2. The van der Waals surface area contributed by atoms with Crippen molar-refractivity contribution in [2.75, 3.05) is 14.2 Å². The monoisotopic (exact) mass is 451 g/mol. The normalized spacial score (nSPS) is 11.1. The minimum Gasteiger partial charge on any atom is -0.408 e. The van der Waals surface area contributed by atoms with E-state index in [1.54, 1.807) is 20.0 Å². The number of rotatable bonds is 2. The van der Waals surface area contributed by atoms with Crippen LogP contribution in [0.15, 0.2) is 47.6 Å². The second-order valence-corrected chi connectivity index (χ2v) is 8.52. The smallest absolute Gasteiger partial charge is 0.408 e. The molecule has 0 saturated heterocycles. The van der Waals surface area contributed by atoms with E-state index in [4.69, 9.17) is 13.9 Å². The highest BCUT2D eigenvalue weighted by atomic mass is 32.2. The Bertz CT molecular complexity index is 1400. The zero-order valence-corrected chi connectivity index (χ0v) is 18.9. The van der Waals surface area contributed by atoms with Gasteiger partial charge in [0.2, 0.25) is 10.0 Å². The molecule has 3 N–H and O–H groups in total. The molecule has 0 atom stereocenters. The van der Waals surface area contributed by atoms with Crippen molar-refractivity contribution in [3.05, 3.63) is 62.1 Å². The lowest BCUT2D eigenvalue weighted by atomic mass is 10.1. The summed E-state index contributed by atoms with van der Waals surface area (Å²) in [5.74, 6) is -0.909. The van der Waals surface area contributed by atoms with Crippen LogP contribution in [0, 0.1) is 20.8 Å². The van der Waals surface area contributed by atoms with Crippen LogP contribution >= 0.6 is 0 Å². The Balaban J connectivity index is 0.000000214. The molecule has 2 heterocycles. The lowest BCUT2D eigenvalue weighted by Crippen LogP contribution is -2.19. The molecule has 4 aromatic rings. The number of sulfonamides is 1. The molecule has 0 spiro atoms. The summed E-state index contributed by atoms with van der Waals surface area (Å²) in [7, 11) is 0.358. The standard InChI is InChI=1S/C10H12N2O4S.C9H9NO2.CH4O/c1-6-4-7-8(16-10(13)12(7)3)5-9(6)17(14,15)11-2;1-5-3-7-8(4-6(5)2)12-9(11)10-7;1-2/h4-5,11H,1-3H3;3-4H,1-2H3,(H,10,11);2H,1H3. The SMILES string of the molecule is CNS(=O)(=O)c1cc2oc(=O)n(C)c2cc1C.CO.Cc1cc2[nH]c(=O)oc2cc1C. The number of fused-ring (bicyclic) bond motifs is 2. The van der Waals surface area contributed by atoms with Crippen molar-refractivity contribution in [1.82, 2.24) is 14.3 Å². The van der Waals surface area contributed by atoms with Gasteiger partial charge < -0.3 is 13.9 Å². The number of aliphatic hydroxyl groups excluding tert-OH is 1. The maximum Gasteiger partial charge on any atom is 0.419 e. The number of hydrogen-bond acceptors (Lipinski definition) is 7. The predicted octanol–water partition coefficient (Wildman–Crippen LogP) is 1.69. The first-order valence-corrected chi connectivity index (χ1v) is 10.6. The Kier molecular flexibility index (Phi) is 7.26. The number of aliphatic hydroxyl groups is 1. The van der Waals surface area contributed by atoms with Gasteiger partial charge in [0.05, 0.1) is 15.9 Å². The van der Waals surface area contributed by atoms with Gasteiger partial charge in [-0.15, -0.1) is 0 Å². The first kappa shape index (κ1) is 24.1. The minimum atomic E-state index is -3.55. The molecule has 31 heavy (non-hydrogen) atoms. The summed E-state index contributed by atoms with van der Waals surface area (Å²) in [6.07, 6.45) is 0. The molecule has 0 aliphatic carbocycles. The Morgan fingerprint density at radius 3 is 2.16 bits per heavy atom. The zero-order chi connectivity index (χ0) is 23.5. The van der Waals surface area contributed by atoms with Crippen LogP contribution in [0.1, 0.15) is 16.7 Å². The number of nitrogens with one attached hydrogen (secondary N) is 2. The zero-order valence-electron chi connectivity index (χ0n) is 18.1. The Hall–Kier alpha value is -3.15. The van der Waals surface area contributed by atoms with Gasteiger partial charge in [0.25, 0.3) is 0 Å². The fraction of sp³-hybridized carbons (Fsp3) is 0.300. The van der Waals surface area contributed by atoms with Crippen LogP contribution in [0.3, 0.4) is 0 Å². The number of H-pyrrole nitrogens is 1. The molecule has 11 heteroatoms. The van der Waals surface area contributed by atoms with Gasteiger partial charge in [-0.25, -0.2) is 22.7 Å². The van der Waals surface area contributed by atoms with Crippen molar-refractivity contribution in [1.29, 1.82) is 0 Å². The van der Waals surface area contributed by atoms with Crippen molar-refractivity contribution >= 4 is 32.2 Å². The molecule has 0 saturated carbocycles. The van der Waals surface area contributed by atoms with Crippen LogP contribution in [0.25, 0.3) is 22.2 Å². The van der Waals surface area contributed by atoms with Crippen molar-refractivity contribution in [2.24, 2.45) is 7.05 Å². The van der Waals surface area contributed by atoms with Crippen molar-refractivity contribution in [3.8, 4) is 0 Å². The summed E-state index contributed by atoms with van der Waals surface area (Å²) < 4.78 is 36.8. The van der Waals surface area contributed by atoms with Gasteiger partial charge in [0, 0.05) is 20.2 Å². The van der Waals surface area contributed by atoms with E-state index in [1.165, 1.54) is 17.7 Å². The third-order valence-corrected chi connectivity index (χ3v) is 6.24. The maximum absolute atomic E-state index is 11.7. The van der Waals surface area contributed by atoms with E-state index in [0.29, 0.717) is 16.7 Å². The first-order valence-electron chi connectivity index (χ1n) is 9.12. The van der Waals surface area contributed by atoms with Gasteiger partial charge in [0.15, 0.2) is 11.2 Å². The topological polar surface area (TPSA) is 148 Å². The van der Waals surface area contributed by atoms with E-state index >= 15 is 0 Å². The quantitative estimate of drug-likeness (QED) is 0.420. The number of hydrogen-bond donors (Lipinski definition) is 3. The van der Waals surface area contributed by atoms with Gasteiger partial charge in [0.1, 0.15) is 0 Å². The van der Waals surface area contributed by atoms with E-state index in [9.17, 15) is 18.0 Å². The van der Waals surface area contributed by atoms with Gasteiger partial charge in [-0.3, -0.25) is 9.55 Å². The average Bonchev–Trinajstić information content (AvgIpc) is 3.22. The van der Waals surface area contributed by atoms with Crippen LogP contribution in [-0.2, 0) is 17.1 Å². The third-order valence-electron chi connectivity index (χ3n) is 4.68. The van der Waals surface area contributed by atoms with Gasteiger partial charge in [-0.05, 0) is 62.7 Å². The van der Waals surface area contributed by atoms with Crippen molar-refractivity contribution in [2.45, 2.75) is 25.7 Å². The molecular weight excluding hydrogens is 426 g/mol. The second-order valence-electron chi connectivity index (χ2n) is 6.67. The van der Waals surface area contributed by atoms with Gasteiger partial charge >= 0.3 is 11.5 Å². The Labute approximate surface area is 178 Å². The first-order chi connectivity index (χ1) is 14.5. The molecule has 10 nitrogen and oxygen atoms in total. The van der Waals surface area contributed by atoms with Crippen LogP contribution in [0.4, 0.5) is 0 Å². The second kappa shape index (κ2) is 9.33. The van der Waals surface area contributed by atoms with E-state index in [1.807, 2.05) is 26.0 Å². The number of oxazole rings is 2. The Morgan fingerprint density at radius 2 is 1.55 bits per heavy atom. The fourth-order valence-electron chi connectivity index (χ4n) is 2.87. The molecule has 0 unspecified atom stereocenters. The van der Waals surface area contributed by atoms with Crippen LogP contribution in [0.5, 0.6) is 0 Å². The molecule has 2 aromatic carbocycles. The maximum atomic E-state index is 11.7. The number of aryl methyl sites for hydroxylation is 4. The highest BCUT2D eigenvalue weighted by Crippen LogP contribution is 2.22. The highest BCUT2D eigenvalue weighted by Gasteiger charge is 2.18. The molecule has 168 valence electrons. The van der Waals surface area contributed by atoms with Crippen LogP contribution < -0.4 is 16.2 Å². The van der Waals surface area contributed by atoms with E-state index in [0.717, 1.165) is 23.8 Å². The number of benzene rings is 2. The van der Waals surface area contributed by atoms with E-state index in [-0.39, 0.29) is 10.5 Å². The third kappa shape index (κ3) is 4.95. The molecule has 0 aliphatic rings. The Morgan fingerprint density at radius 1 is 0.935 bits per heavy atom. The predicted molar refractivity (Wildman–Crippen MR) is 117 cm³/mol. The molecule has 0 fully saturated rings. The molecule has 0 amide bonds. The number of aromatic amines is 1. The summed E-state index contributed by atoms with van der Waals surface area (Å²) in [6, 6.07) is 6.75. The molecule has 2 aromatic heterocycles. The lowest BCUT2D eigenvalue weighted by Gasteiger charge is -2.05. The van der Waals surface area contributed by atoms with Crippen LogP contribution in [-0.4, -0.2) is 37.2 Å². The summed E-state index contributed by atoms with van der Waals surface area (Å²) in [5.41, 5.74) is 5.07. The fourth-order valence-corrected chi connectivity index (χ4v) is 3.83. The van der Waals surface area contributed by atoms with E-state index in [2.05, 4.69) is 9.71 Å².